The maximum Gasteiger partial charge on any atom is 0.366 e. The Kier molecular flexibility index (Phi) is 5.01. The van der Waals surface area contributed by atoms with E-state index in [-0.39, 0.29) is 0 Å². The summed E-state index contributed by atoms with van der Waals surface area (Å²) in [6, 6.07) is 0. The van der Waals surface area contributed by atoms with E-state index in [2.05, 4.69) is 0 Å². The van der Waals surface area contributed by atoms with E-state index in [1.54, 1.807) is 0 Å². The molecule has 11 heteroatoms. The minimum absolute atomic E-state index is 1.37. The summed E-state index contributed by atoms with van der Waals surface area (Å²) in [5.41, 5.74) is 0. The third-order valence-corrected chi connectivity index (χ3v) is 1.68. The summed E-state index contributed by atoms with van der Waals surface area (Å²) in [7, 11) is 0. The molecule has 0 atom stereocenters. The van der Waals surface area contributed by atoms with E-state index >= 15 is 0 Å². The summed E-state index contributed by atoms with van der Waals surface area (Å²) in [5, 5.41) is 0. The second-order valence-corrected chi connectivity index (χ2v) is 3.23. The lowest BCUT2D eigenvalue weighted by molar-refractivity contribution is -0.222. The van der Waals surface area contributed by atoms with Gasteiger partial charge in [-0.1, -0.05) is 0 Å². The van der Waals surface area contributed by atoms with Crippen LogP contribution in [0.3, 0.4) is 0 Å². The SMILES string of the molecule is FC(F)=CC(F)(F)CC(F)(F)C(F)(F)C(F)=C(F)F. The van der Waals surface area contributed by atoms with Crippen LogP contribution in [0.25, 0.3) is 0 Å². The predicted molar refractivity (Wildman–Crippen MR) is 40.1 cm³/mol. The summed E-state index contributed by atoms with van der Waals surface area (Å²) in [6.45, 7) is 0. The first-order valence-corrected chi connectivity index (χ1v) is 4.11. The van der Waals surface area contributed by atoms with Gasteiger partial charge in [-0.05, 0) is 0 Å². The van der Waals surface area contributed by atoms with Gasteiger partial charge in [0.2, 0.25) is 5.83 Å². The fourth-order valence-electron chi connectivity index (χ4n) is 0.897. The highest BCUT2D eigenvalue weighted by Gasteiger charge is 2.64. The van der Waals surface area contributed by atoms with Gasteiger partial charge in [0.1, 0.15) is 0 Å². The van der Waals surface area contributed by atoms with Gasteiger partial charge in [-0.25, -0.2) is 8.78 Å². The zero-order valence-electron chi connectivity index (χ0n) is 8.44. The molecule has 0 nitrogen and oxygen atoms in total. The lowest BCUT2D eigenvalue weighted by atomic mass is 10.0. The predicted octanol–water partition coefficient (Wildman–Crippen LogP) is 5.14. The molecule has 0 saturated carbocycles. The van der Waals surface area contributed by atoms with Crippen molar-refractivity contribution in [2.75, 3.05) is 0 Å². The van der Waals surface area contributed by atoms with Crippen LogP contribution in [0.4, 0.5) is 48.3 Å². The van der Waals surface area contributed by atoms with Crippen LogP contribution in [0.5, 0.6) is 0 Å². The molecule has 0 aliphatic carbocycles. The Morgan fingerprint density at radius 1 is 0.789 bits per heavy atom. The van der Waals surface area contributed by atoms with E-state index in [9.17, 15) is 48.3 Å². The highest BCUT2D eigenvalue weighted by atomic mass is 19.3. The van der Waals surface area contributed by atoms with Crippen molar-refractivity contribution >= 4 is 0 Å². The monoisotopic (exact) mass is 308 g/mol. The molecule has 0 spiro atoms. The minimum Gasteiger partial charge on any atom is -0.202 e. The molecule has 112 valence electrons. The van der Waals surface area contributed by atoms with Crippen LogP contribution in [0.1, 0.15) is 6.42 Å². The van der Waals surface area contributed by atoms with Gasteiger partial charge >= 0.3 is 17.9 Å². The van der Waals surface area contributed by atoms with Gasteiger partial charge in [0.15, 0.2) is 0 Å². The van der Waals surface area contributed by atoms with E-state index in [1.165, 1.54) is 0 Å². The lowest BCUT2D eigenvalue weighted by Gasteiger charge is -2.27. The third kappa shape index (κ3) is 4.39. The van der Waals surface area contributed by atoms with Crippen LogP contribution in [-0.2, 0) is 0 Å². The molecule has 0 aromatic carbocycles. The van der Waals surface area contributed by atoms with Crippen molar-refractivity contribution < 1.29 is 48.3 Å². The van der Waals surface area contributed by atoms with Gasteiger partial charge in [0.25, 0.3) is 12.0 Å². The molecular weight excluding hydrogens is 305 g/mol. The smallest absolute Gasteiger partial charge is 0.202 e. The Hall–Kier alpha value is -1.29. The fraction of sp³-hybridized carbons (Fsp3) is 0.500. The van der Waals surface area contributed by atoms with Crippen molar-refractivity contribution in [2.45, 2.75) is 24.2 Å². The Bertz CT molecular complexity index is 383. The molecule has 0 amide bonds. The first-order valence-electron chi connectivity index (χ1n) is 4.11. The Balaban J connectivity index is 5.41. The molecule has 0 radical (unpaired) electrons. The second-order valence-electron chi connectivity index (χ2n) is 3.23. The van der Waals surface area contributed by atoms with Crippen molar-refractivity contribution in [3.63, 3.8) is 0 Å². The molecule has 0 aliphatic rings. The zero-order valence-corrected chi connectivity index (χ0v) is 8.44. The molecule has 0 rings (SSSR count). The van der Waals surface area contributed by atoms with E-state index < -0.39 is 48.3 Å². The normalized spacial score (nSPS) is 13.2. The molecule has 19 heavy (non-hydrogen) atoms. The fourth-order valence-corrected chi connectivity index (χ4v) is 0.897. The number of rotatable bonds is 5. The van der Waals surface area contributed by atoms with Crippen LogP contribution in [-0.4, -0.2) is 17.8 Å². The summed E-state index contributed by atoms with van der Waals surface area (Å²) in [5.74, 6) is -21.3. The van der Waals surface area contributed by atoms with E-state index in [4.69, 9.17) is 0 Å². The average molecular weight is 308 g/mol. The largest absolute Gasteiger partial charge is 0.366 e. The van der Waals surface area contributed by atoms with Crippen molar-refractivity contribution in [3.05, 3.63) is 24.1 Å². The van der Waals surface area contributed by atoms with Crippen molar-refractivity contribution in [1.82, 2.24) is 0 Å². The number of allylic oxidation sites excluding steroid dienone is 2. The molecule has 0 heterocycles. The number of hydrogen-bond acceptors (Lipinski definition) is 0. The molecule has 0 N–H and O–H groups in total. The molecule has 0 saturated heterocycles. The first-order chi connectivity index (χ1) is 8.23. The van der Waals surface area contributed by atoms with Crippen molar-refractivity contribution in [1.29, 1.82) is 0 Å². The standard InChI is InChI=1S/C8H3F11/c9-3(10)1-6(14,15)2-7(16,17)8(18,19)4(11)5(12)13/h1H,2H2. The molecule has 0 aromatic heterocycles. The lowest BCUT2D eigenvalue weighted by Crippen LogP contribution is -2.45. The van der Waals surface area contributed by atoms with E-state index in [1.807, 2.05) is 0 Å². The van der Waals surface area contributed by atoms with Crippen molar-refractivity contribution in [3.8, 4) is 0 Å². The van der Waals surface area contributed by atoms with E-state index in [0.717, 1.165) is 0 Å². The van der Waals surface area contributed by atoms with Crippen LogP contribution in [0, 0.1) is 0 Å². The minimum atomic E-state index is -6.25. The number of alkyl halides is 6. The van der Waals surface area contributed by atoms with Gasteiger partial charge < -0.3 is 0 Å². The van der Waals surface area contributed by atoms with Crippen LogP contribution in [0.2, 0.25) is 0 Å². The maximum atomic E-state index is 12.6. The van der Waals surface area contributed by atoms with Crippen LogP contribution < -0.4 is 0 Å². The highest BCUT2D eigenvalue weighted by Crippen LogP contribution is 2.47. The molecule has 0 aromatic rings. The highest BCUT2D eigenvalue weighted by molar-refractivity contribution is 5.13. The Morgan fingerprint density at radius 3 is 1.53 bits per heavy atom. The summed E-state index contributed by atoms with van der Waals surface area (Å²) in [6.07, 6.45) is -11.6. The maximum absolute atomic E-state index is 12.6. The first kappa shape index (κ1) is 17.7. The van der Waals surface area contributed by atoms with Gasteiger partial charge in [0, 0.05) is 6.08 Å². The van der Waals surface area contributed by atoms with Gasteiger partial charge in [-0.2, -0.15) is 39.5 Å². The van der Waals surface area contributed by atoms with Gasteiger partial charge in [-0.15, -0.1) is 0 Å². The molecule has 0 bridgehead atoms. The molecular formula is C8H3F11. The zero-order chi connectivity index (χ0) is 15.6. The summed E-state index contributed by atoms with van der Waals surface area (Å²) < 4.78 is 133. The summed E-state index contributed by atoms with van der Waals surface area (Å²) >= 11 is 0. The van der Waals surface area contributed by atoms with Crippen LogP contribution in [0.15, 0.2) is 24.1 Å². The Morgan fingerprint density at radius 2 is 1.21 bits per heavy atom. The third-order valence-electron chi connectivity index (χ3n) is 1.68. The van der Waals surface area contributed by atoms with Crippen molar-refractivity contribution in [2.24, 2.45) is 0 Å². The summed E-state index contributed by atoms with van der Waals surface area (Å²) in [4.78, 5) is 0. The average Bonchev–Trinajstić information content (AvgIpc) is 2.11. The Labute approximate surface area is 97.7 Å². The van der Waals surface area contributed by atoms with Crippen LogP contribution >= 0.6 is 0 Å². The van der Waals surface area contributed by atoms with E-state index in [0.29, 0.717) is 0 Å². The number of hydrogen-bond donors (Lipinski definition) is 0. The second kappa shape index (κ2) is 5.37. The number of halogens is 11. The molecule has 0 aliphatic heterocycles. The topological polar surface area (TPSA) is 0 Å². The van der Waals surface area contributed by atoms with Gasteiger partial charge in [-0.3, -0.25) is 0 Å². The molecule has 0 fully saturated rings. The molecule has 0 unspecified atom stereocenters. The van der Waals surface area contributed by atoms with Gasteiger partial charge in [0.05, 0.1) is 6.42 Å². The quantitative estimate of drug-likeness (QED) is 0.617.